The van der Waals surface area contributed by atoms with Gasteiger partial charge >= 0.3 is 7.12 Å². The molecule has 0 unspecified atom stereocenters. The van der Waals surface area contributed by atoms with Crippen molar-refractivity contribution < 1.29 is 18.9 Å². The predicted molar refractivity (Wildman–Crippen MR) is 455 cm³/mol. The van der Waals surface area contributed by atoms with Gasteiger partial charge in [-0.1, -0.05) is 374 Å². The zero-order valence-electron chi connectivity index (χ0n) is 62.3. The number of carbonyl (C=O) groups is 2. The van der Waals surface area contributed by atoms with Crippen molar-refractivity contribution in [3.05, 3.63) is 459 Å². The van der Waals surface area contributed by atoms with Gasteiger partial charge in [-0.05, 0) is 119 Å². The fraction of sp³-hybridized carbons (Fsp3) is 0.0784. The molecule has 16 aromatic rings. The van der Waals surface area contributed by atoms with Crippen molar-refractivity contribution in [3.8, 4) is 78.9 Å². The van der Waals surface area contributed by atoms with E-state index in [0.717, 1.165) is 138 Å². The van der Waals surface area contributed by atoms with Crippen molar-refractivity contribution in [1.29, 1.82) is 0 Å². The molecule has 3 heterocycles. The van der Waals surface area contributed by atoms with Gasteiger partial charge in [0, 0.05) is 60.1 Å². The first-order valence-electron chi connectivity index (χ1n) is 37.8. The Bertz CT molecular complexity index is 5920. The Morgan fingerprint density at radius 3 is 1.03 bits per heavy atom. The Kier molecular flexibility index (Phi) is 19.6. The molecule has 1 saturated heterocycles. The van der Waals surface area contributed by atoms with Crippen molar-refractivity contribution in [3.63, 3.8) is 0 Å². The highest BCUT2D eigenvalue weighted by atomic mass is 79.9. The molecule has 8 nitrogen and oxygen atoms in total. The Morgan fingerprint density at radius 2 is 0.580 bits per heavy atom. The molecule has 1 fully saturated rings. The molecule has 0 saturated carbocycles. The normalized spacial score (nSPS) is 14.3. The summed E-state index contributed by atoms with van der Waals surface area (Å²) in [5.41, 5.74) is 21.8. The topological polar surface area (TPSA) is 104 Å². The van der Waals surface area contributed by atoms with Gasteiger partial charge in [0.1, 0.15) is 0 Å². The lowest BCUT2D eigenvalue weighted by Crippen LogP contribution is -2.41. The standard InChI is InChI=1S/C48H32N2O.C28H27BN2O2.C26H17BrO/c51-46-40-27-15-16-28-42(40)48(36-21-9-3-10-22-36,37-23-11-4-12-24-37)43-31-35(29-30-41(43)46)38-25-13-14-26-39(38)45-32-44(33-17-5-1-6-18-33)49-47(50-45)34-19-7-2-8-20-34;1-27(2)28(3,4)33-29(32-27)23-18-12-11-17-22(23)25-19-24(20-13-7-5-8-14-20)30-26(31-25)21-15-9-6-10-16-21;27-20-15-16-24-22(17-20)25(28)21-13-7-8-14-23(21)26(24,18-9-3-1-4-10-18)19-11-5-2-6-12-19/h1-32H;5-19H,1-4H3;1-17H. The molecule has 0 bridgehead atoms. The lowest BCUT2D eigenvalue weighted by atomic mass is 9.59. The first-order valence-corrected chi connectivity index (χ1v) is 38.6. The molecule has 0 spiro atoms. The minimum Gasteiger partial charge on any atom is -0.399 e. The number of ketones is 2. The van der Waals surface area contributed by atoms with Gasteiger partial charge in [-0.25, -0.2) is 19.9 Å². The Balaban J connectivity index is 0.000000129. The highest BCUT2D eigenvalue weighted by molar-refractivity contribution is 9.10. The van der Waals surface area contributed by atoms with E-state index < -0.39 is 29.2 Å². The highest BCUT2D eigenvalue weighted by Crippen LogP contribution is 2.54. The van der Waals surface area contributed by atoms with Gasteiger partial charge in [0.15, 0.2) is 23.2 Å². The van der Waals surface area contributed by atoms with Crippen LogP contribution in [0.2, 0.25) is 0 Å². The summed E-state index contributed by atoms with van der Waals surface area (Å²) in [5.74, 6) is 1.48. The number of benzene rings is 14. The molecule has 2 aromatic heterocycles. The molecule has 10 heteroatoms. The second-order valence-corrected chi connectivity index (χ2v) is 30.2. The van der Waals surface area contributed by atoms with Gasteiger partial charge < -0.3 is 9.31 Å². The van der Waals surface area contributed by atoms with Crippen molar-refractivity contribution in [2.75, 3.05) is 0 Å². The second-order valence-electron chi connectivity index (χ2n) is 29.3. The SMILES string of the molecule is CC1(C)OB(c2ccccc2-c2cc(-c3ccccc3)nc(-c3ccccc3)n2)OC1(C)C.O=C1c2ccccc2C(c2ccccc2)(c2ccccc2)c2cc(-c3ccccc3-c3cc(-c4ccccc4)nc(-c4ccccc4)n3)ccc21.O=C1c2ccccc2C(c2ccccc2)(c2ccccc2)c2ccc(Br)cc21. The molecule has 0 N–H and O–H groups in total. The van der Waals surface area contributed by atoms with Crippen LogP contribution in [0.1, 0.15) is 104 Å². The number of fused-ring (bicyclic) bond motifs is 4. The summed E-state index contributed by atoms with van der Waals surface area (Å²) in [6.07, 6.45) is 0. The third-order valence-corrected chi connectivity index (χ3v) is 22.7. The van der Waals surface area contributed by atoms with E-state index >= 15 is 0 Å². The number of rotatable bonds is 12. The van der Waals surface area contributed by atoms with Crippen molar-refractivity contribution in [1.82, 2.24) is 19.9 Å². The van der Waals surface area contributed by atoms with Crippen LogP contribution in [0, 0.1) is 0 Å². The van der Waals surface area contributed by atoms with E-state index in [0.29, 0.717) is 17.2 Å². The molecule has 19 rings (SSSR count). The Hall–Kier alpha value is -13.0. The summed E-state index contributed by atoms with van der Waals surface area (Å²) in [7, 11) is -0.471. The van der Waals surface area contributed by atoms with Gasteiger partial charge in [-0.15, -0.1) is 0 Å². The van der Waals surface area contributed by atoms with Crippen LogP contribution >= 0.6 is 15.9 Å². The van der Waals surface area contributed by atoms with Gasteiger partial charge in [0.05, 0.1) is 44.8 Å². The van der Waals surface area contributed by atoms with Crippen molar-refractivity contribution in [2.45, 2.75) is 49.7 Å². The van der Waals surface area contributed by atoms with Crippen molar-refractivity contribution in [2.24, 2.45) is 0 Å². The molecule has 0 radical (unpaired) electrons. The smallest absolute Gasteiger partial charge is 0.399 e. The maximum Gasteiger partial charge on any atom is 0.495 e. The summed E-state index contributed by atoms with van der Waals surface area (Å²) in [4.78, 5) is 47.8. The zero-order chi connectivity index (χ0) is 76.4. The quantitative estimate of drug-likeness (QED) is 0.111. The maximum atomic E-state index is 14.3. The van der Waals surface area contributed by atoms with Gasteiger partial charge in [-0.2, -0.15) is 0 Å². The highest BCUT2D eigenvalue weighted by Gasteiger charge is 2.53. The Labute approximate surface area is 662 Å². The van der Waals surface area contributed by atoms with E-state index in [2.05, 4.69) is 238 Å². The molecule has 0 atom stereocenters. The molecule has 2 aliphatic carbocycles. The predicted octanol–water partition coefficient (Wildman–Crippen LogP) is 23.2. The summed E-state index contributed by atoms with van der Waals surface area (Å²) in [5, 5.41) is 0. The van der Waals surface area contributed by atoms with E-state index in [1.165, 1.54) is 0 Å². The van der Waals surface area contributed by atoms with E-state index in [1.54, 1.807) is 0 Å². The Morgan fingerprint density at radius 1 is 0.259 bits per heavy atom. The van der Waals surface area contributed by atoms with E-state index in [-0.39, 0.29) is 11.6 Å². The molecular formula is C102H76BBrN4O4. The largest absolute Gasteiger partial charge is 0.495 e. The van der Waals surface area contributed by atoms with E-state index in [9.17, 15) is 9.59 Å². The first-order chi connectivity index (χ1) is 54.8. The molecule has 0 amide bonds. The van der Waals surface area contributed by atoms with Gasteiger partial charge in [0.2, 0.25) is 0 Å². The number of halogens is 1. The van der Waals surface area contributed by atoms with Crippen LogP contribution in [0.3, 0.4) is 0 Å². The van der Waals surface area contributed by atoms with E-state index in [1.807, 2.05) is 194 Å². The van der Waals surface area contributed by atoms with Crippen LogP contribution in [0.25, 0.3) is 78.9 Å². The fourth-order valence-electron chi connectivity index (χ4n) is 16.2. The lowest BCUT2D eigenvalue weighted by molar-refractivity contribution is 0.00578. The van der Waals surface area contributed by atoms with Crippen LogP contribution in [0.5, 0.6) is 0 Å². The molecule has 538 valence electrons. The molecular weight excluding hydrogens is 1440 g/mol. The minimum absolute atomic E-state index is 0.0405. The number of hydrogen-bond acceptors (Lipinski definition) is 8. The third-order valence-electron chi connectivity index (χ3n) is 22.2. The summed E-state index contributed by atoms with van der Waals surface area (Å²) < 4.78 is 13.7. The first kappa shape index (κ1) is 71.9. The van der Waals surface area contributed by atoms with Crippen LogP contribution in [0.4, 0.5) is 0 Å². The van der Waals surface area contributed by atoms with E-state index in [4.69, 9.17) is 29.2 Å². The number of carbonyl (C=O) groups excluding carboxylic acids is 2. The van der Waals surface area contributed by atoms with Crippen LogP contribution in [0.15, 0.2) is 393 Å². The second kappa shape index (κ2) is 30.5. The average Bonchev–Trinajstić information content (AvgIpc) is 0.822. The number of aromatic nitrogens is 4. The molecule has 14 aromatic carbocycles. The fourth-order valence-corrected chi connectivity index (χ4v) is 16.5. The van der Waals surface area contributed by atoms with Crippen LogP contribution in [-0.4, -0.2) is 49.8 Å². The lowest BCUT2D eigenvalue weighted by Gasteiger charge is -2.42. The van der Waals surface area contributed by atoms with Gasteiger partial charge in [-0.3, -0.25) is 9.59 Å². The summed E-state index contributed by atoms with van der Waals surface area (Å²) >= 11 is 3.56. The molecule has 112 heavy (non-hydrogen) atoms. The average molecular weight is 1510 g/mol. The summed E-state index contributed by atoms with van der Waals surface area (Å²) in [6.45, 7) is 8.28. The van der Waals surface area contributed by atoms with Crippen LogP contribution < -0.4 is 5.46 Å². The summed E-state index contributed by atoms with van der Waals surface area (Å²) in [6, 6.07) is 132. The minimum atomic E-state index is -0.719. The monoisotopic (exact) mass is 1510 g/mol. The maximum absolute atomic E-state index is 14.3. The number of hydrogen-bond donors (Lipinski definition) is 0. The zero-order valence-corrected chi connectivity index (χ0v) is 63.9. The van der Waals surface area contributed by atoms with Gasteiger partial charge in [0.25, 0.3) is 0 Å². The van der Waals surface area contributed by atoms with Crippen LogP contribution in [-0.2, 0) is 20.1 Å². The van der Waals surface area contributed by atoms with Crippen molar-refractivity contribution >= 4 is 40.1 Å². The number of nitrogens with zero attached hydrogens (tertiary/aromatic N) is 4. The molecule has 1 aliphatic heterocycles. The third kappa shape index (κ3) is 13.2. The molecule has 3 aliphatic rings.